The maximum absolute atomic E-state index is 12.5. The third-order valence-corrected chi connectivity index (χ3v) is 4.35. The third kappa shape index (κ3) is 5.11. The highest BCUT2D eigenvalue weighted by Gasteiger charge is 2.30. The summed E-state index contributed by atoms with van der Waals surface area (Å²) in [5.41, 5.74) is 6.75. The number of hydrogen-bond donors (Lipinski definition) is 2. The van der Waals surface area contributed by atoms with Crippen LogP contribution in [-0.2, 0) is 16.9 Å². The van der Waals surface area contributed by atoms with Crippen molar-refractivity contribution < 1.29 is 14.3 Å². The Morgan fingerprint density at radius 3 is 2.28 bits per heavy atom. The van der Waals surface area contributed by atoms with Crippen LogP contribution in [0.2, 0.25) is 0 Å². The first-order valence-corrected chi connectivity index (χ1v) is 8.22. The Bertz CT molecular complexity index is 721. The molecular formula is C18H22BrClN2O3. The smallest absolute Gasteiger partial charge is 0.244 e. The summed E-state index contributed by atoms with van der Waals surface area (Å²) in [5, 5.41) is 2.87. The van der Waals surface area contributed by atoms with Crippen LogP contribution in [0.5, 0.6) is 11.5 Å². The fourth-order valence-electron chi connectivity index (χ4n) is 2.28. The Kier molecular flexibility index (Phi) is 7.73. The molecule has 0 heterocycles. The lowest BCUT2D eigenvalue weighted by atomic mass is 9.92. The van der Waals surface area contributed by atoms with Crippen molar-refractivity contribution in [2.45, 2.75) is 19.0 Å². The molecule has 0 aromatic heterocycles. The Morgan fingerprint density at radius 2 is 1.72 bits per heavy atom. The predicted molar refractivity (Wildman–Crippen MR) is 104 cm³/mol. The van der Waals surface area contributed by atoms with Gasteiger partial charge in [-0.25, -0.2) is 0 Å². The van der Waals surface area contributed by atoms with Crippen molar-refractivity contribution >= 4 is 34.2 Å². The predicted octanol–water partition coefficient (Wildman–Crippen LogP) is 3.38. The summed E-state index contributed by atoms with van der Waals surface area (Å²) in [5.74, 6) is 1.01. The molecule has 136 valence electrons. The number of halogens is 2. The zero-order valence-corrected chi connectivity index (χ0v) is 16.7. The summed E-state index contributed by atoms with van der Waals surface area (Å²) in [4.78, 5) is 12.5. The minimum Gasteiger partial charge on any atom is -0.493 e. The molecule has 3 N–H and O–H groups in total. The van der Waals surface area contributed by atoms with E-state index in [9.17, 15) is 4.79 Å². The first kappa shape index (κ1) is 21.3. The number of nitrogens with two attached hydrogens (primary N) is 1. The van der Waals surface area contributed by atoms with Crippen LogP contribution < -0.4 is 20.5 Å². The molecule has 1 unspecified atom stereocenters. The van der Waals surface area contributed by atoms with Crippen LogP contribution in [0, 0.1) is 0 Å². The van der Waals surface area contributed by atoms with Crippen LogP contribution in [0.4, 0.5) is 0 Å². The van der Waals surface area contributed by atoms with Crippen LogP contribution >= 0.6 is 28.3 Å². The molecule has 0 saturated carbocycles. The molecule has 1 amide bonds. The van der Waals surface area contributed by atoms with E-state index >= 15 is 0 Å². The highest BCUT2D eigenvalue weighted by Crippen LogP contribution is 2.27. The molecule has 25 heavy (non-hydrogen) atoms. The summed E-state index contributed by atoms with van der Waals surface area (Å²) >= 11 is 3.37. The number of ether oxygens (including phenoxy) is 2. The Balaban J connectivity index is 0.00000312. The fourth-order valence-corrected chi connectivity index (χ4v) is 2.55. The van der Waals surface area contributed by atoms with E-state index < -0.39 is 5.54 Å². The van der Waals surface area contributed by atoms with Gasteiger partial charge in [0.25, 0.3) is 0 Å². The minimum atomic E-state index is -1.11. The lowest BCUT2D eigenvalue weighted by molar-refractivity contribution is -0.126. The lowest BCUT2D eigenvalue weighted by Gasteiger charge is -2.24. The zero-order chi connectivity index (χ0) is 17.7. The number of carbonyl (C=O) groups excluding carboxylic acids is 1. The van der Waals surface area contributed by atoms with Crippen LogP contribution in [-0.4, -0.2) is 20.1 Å². The average molecular weight is 430 g/mol. The van der Waals surface area contributed by atoms with E-state index in [4.69, 9.17) is 15.2 Å². The molecule has 5 nitrogen and oxygen atoms in total. The summed E-state index contributed by atoms with van der Waals surface area (Å²) in [6.45, 7) is 2.04. The Hall–Kier alpha value is -1.76. The molecule has 0 aliphatic heterocycles. The van der Waals surface area contributed by atoms with E-state index in [-0.39, 0.29) is 18.3 Å². The quantitative estimate of drug-likeness (QED) is 0.738. The van der Waals surface area contributed by atoms with Crippen LogP contribution in [0.1, 0.15) is 18.1 Å². The van der Waals surface area contributed by atoms with E-state index in [1.165, 1.54) is 0 Å². The first-order valence-electron chi connectivity index (χ1n) is 7.42. The molecule has 0 fully saturated rings. The van der Waals surface area contributed by atoms with E-state index in [1.807, 2.05) is 36.4 Å². The van der Waals surface area contributed by atoms with Crippen LogP contribution in [0.15, 0.2) is 46.9 Å². The van der Waals surface area contributed by atoms with Gasteiger partial charge in [0, 0.05) is 11.0 Å². The van der Waals surface area contributed by atoms with Gasteiger partial charge in [0.1, 0.15) is 5.54 Å². The van der Waals surface area contributed by atoms with Gasteiger partial charge < -0.3 is 20.5 Å². The van der Waals surface area contributed by atoms with Gasteiger partial charge in [0.2, 0.25) is 5.91 Å². The maximum Gasteiger partial charge on any atom is 0.244 e. The topological polar surface area (TPSA) is 73.6 Å². The standard InChI is InChI=1S/C18H21BrN2O3.ClH/c1-18(20,13-5-7-14(19)8-6-13)17(22)21-11-12-4-9-15(23-2)16(10-12)24-3;/h4-10H,11,20H2,1-3H3,(H,21,22);1H. The van der Waals surface area contributed by atoms with E-state index in [1.54, 1.807) is 27.2 Å². The van der Waals surface area contributed by atoms with Gasteiger partial charge in [-0.05, 0) is 42.3 Å². The maximum atomic E-state index is 12.5. The molecular weight excluding hydrogens is 408 g/mol. The molecule has 0 spiro atoms. The summed E-state index contributed by atoms with van der Waals surface area (Å²) in [6.07, 6.45) is 0. The number of carbonyl (C=O) groups is 1. The largest absolute Gasteiger partial charge is 0.493 e. The average Bonchev–Trinajstić information content (AvgIpc) is 2.59. The van der Waals surface area contributed by atoms with E-state index in [2.05, 4.69) is 21.2 Å². The number of benzene rings is 2. The van der Waals surface area contributed by atoms with Gasteiger partial charge in [-0.1, -0.05) is 34.1 Å². The number of rotatable bonds is 6. The molecule has 0 radical (unpaired) electrons. The van der Waals surface area contributed by atoms with Crippen molar-refractivity contribution in [1.82, 2.24) is 5.32 Å². The number of nitrogens with one attached hydrogen (secondary N) is 1. The molecule has 2 aromatic carbocycles. The SMILES string of the molecule is COc1ccc(CNC(=O)C(C)(N)c2ccc(Br)cc2)cc1OC.Cl. The molecule has 0 aliphatic carbocycles. The van der Waals surface area contributed by atoms with Crippen molar-refractivity contribution in [3.05, 3.63) is 58.1 Å². The summed E-state index contributed by atoms with van der Waals surface area (Å²) < 4.78 is 11.4. The minimum absolute atomic E-state index is 0. The second-order valence-corrected chi connectivity index (χ2v) is 6.50. The van der Waals surface area contributed by atoms with Crippen molar-refractivity contribution in [1.29, 1.82) is 0 Å². The van der Waals surface area contributed by atoms with Crippen molar-refractivity contribution in [3.8, 4) is 11.5 Å². The van der Waals surface area contributed by atoms with Crippen molar-refractivity contribution in [2.24, 2.45) is 5.73 Å². The van der Waals surface area contributed by atoms with Crippen LogP contribution in [0.3, 0.4) is 0 Å². The lowest BCUT2D eigenvalue weighted by Crippen LogP contribution is -2.48. The summed E-state index contributed by atoms with van der Waals surface area (Å²) in [7, 11) is 3.15. The fraction of sp³-hybridized carbons (Fsp3) is 0.278. The third-order valence-electron chi connectivity index (χ3n) is 3.82. The zero-order valence-electron chi connectivity index (χ0n) is 14.3. The normalized spacial score (nSPS) is 12.5. The van der Waals surface area contributed by atoms with Gasteiger partial charge >= 0.3 is 0 Å². The second-order valence-electron chi connectivity index (χ2n) is 5.58. The van der Waals surface area contributed by atoms with E-state index in [0.29, 0.717) is 18.0 Å². The molecule has 7 heteroatoms. The van der Waals surface area contributed by atoms with Gasteiger partial charge in [-0.2, -0.15) is 0 Å². The highest BCUT2D eigenvalue weighted by molar-refractivity contribution is 9.10. The monoisotopic (exact) mass is 428 g/mol. The Morgan fingerprint density at radius 1 is 1.12 bits per heavy atom. The molecule has 0 aliphatic rings. The molecule has 0 bridgehead atoms. The number of methoxy groups -OCH3 is 2. The molecule has 0 saturated heterocycles. The Labute approximate surface area is 162 Å². The van der Waals surface area contributed by atoms with Gasteiger partial charge in [-0.3, -0.25) is 4.79 Å². The second kappa shape index (κ2) is 9.08. The van der Waals surface area contributed by atoms with Gasteiger partial charge in [0.15, 0.2) is 11.5 Å². The first-order chi connectivity index (χ1) is 11.4. The molecule has 2 aromatic rings. The van der Waals surface area contributed by atoms with Crippen molar-refractivity contribution in [3.63, 3.8) is 0 Å². The molecule has 2 rings (SSSR count). The number of hydrogen-bond acceptors (Lipinski definition) is 4. The van der Waals surface area contributed by atoms with Gasteiger partial charge in [0.05, 0.1) is 14.2 Å². The van der Waals surface area contributed by atoms with E-state index in [0.717, 1.165) is 15.6 Å². The van der Waals surface area contributed by atoms with Gasteiger partial charge in [-0.15, -0.1) is 12.4 Å². The molecule has 1 atom stereocenters. The van der Waals surface area contributed by atoms with Crippen LogP contribution in [0.25, 0.3) is 0 Å². The summed E-state index contributed by atoms with van der Waals surface area (Å²) in [6, 6.07) is 12.9. The number of amides is 1. The van der Waals surface area contributed by atoms with Crippen molar-refractivity contribution in [2.75, 3.05) is 14.2 Å². The highest BCUT2D eigenvalue weighted by atomic mass is 79.9.